The fourth-order valence-electron chi connectivity index (χ4n) is 2.01. The highest BCUT2D eigenvalue weighted by atomic mass is 79.9. The van der Waals surface area contributed by atoms with Gasteiger partial charge in [0.15, 0.2) is 0 Å². The summed E-state index contributed by atoms with van der Waals surface area (Å²) in [5.41, 5.74) is 8.14. The highest BCUT2D eigenvalue weighted by Gasteiger charge is 2.20. The lowest BCUT2D eigenvalue weighted by molar-refractivity contribution is 0.520. The van der Waals surface area contributed by atoms with E-state index in [1.807, 2.05) is 30.5 Å². The minimum absolute atomic E-state index is 0.295. The minimum Gasteiger partial charge on any atom is -0.459 e. The average Bonchev–Trinajstić information content (AvgIpc) is 2.98. The SMILES string of the molecule is Cc1c(C(N)c2nccs2)oc2ccc(Br)cc12. The van der Waals surface area contributed by atoms with Gasteiger partial charge in [-0.1, -0.05) is 15.9 Å². The van der Waals surface area contributed by atoms with Crippen LogP contribution in [-0.4, -0.2) is 4.98 Å². The van der Waals surface area contributed by atoms with Crippen molar-refractivity contribution >= 4 is 38.2 Å². The Labute approximate surface area is 117 Å². The van der Waals surface area contributed by atoms with Crippen LogP contribution in [0.5, 0.6) is 0 Å². The standard InChI is InChI=1S/C13H11BrN2OS/c1-7-9-6-8(14)2-3-10(9)17-12(7)11(15)13-16-4-5-18-13/h2-6,11H,15H2,1H3. The maximum absolute atomic E-state index is 6.21. The molecule has 18 heavy (non-hydrogen) atoms. The molecule has 2 aromatic heterocycles. The summed E-state index contributed by atoms with van der Waals surface area (Å²) < 4.78 is 6.90. The average molecular weight is 323 g/mol. The van der Waals surface area contributed by atoms with Gasteiger partial charge in [0, 0.05) is 27.0 Å². The fourth-order valence-corrected chi connectivity index (χ4v) is 3.01. The molecule has 1 unspecified atom stereocenters. The molecule has 0 amide bonds. The molecular weight excluding hydrogens is 312 g/mol. The van der Waals surface area contributed by atoms with E-state index < -0.39 is 0 Å². The molecule has 2 N–H and O–H groups in total. The fraction of sp³-hybridized carbons (Fsp3) is 0.154. The molecule has 0 saturated carbocycles. The van der Waals surface area contributed by atoms with Gasteiger partial charge in [0.2, 0.25) is 0 Å². The van der Waals surface area contributed by atoms with Crippen LogP contribution in [0.3, 0.4) is 0 Å². The molecule has 3 aromatic rings. The second kappa shape index (κ2) is 4.50. The van der Waals surface area contributed by atoms with Crippen LogP contribution in [-0.2, 0) is 0 Å². The Hall–Kier alpha value is -1.17. The van der Waals surface area contributed by atoms with Crippen molar-refractivity contribution in [3.05, 3.63) is 50.6 Å². The van der Waals surface area contributed by atoms with Crippen LogP contribution in [0, 0.1) is 6.92 Å². The minimum atomic E-state index is -0.295. The zero-order valence-corrected chi connectivity index (χ0v) is 12.1. The number of hydrogen-bond donors (Lipinski definition) is 1. The van der Waals surface area contributed by atoms with Gasteiger partial charge in [0.25, 0.3) is 0 Å². The molecule has 1 atom stereocenters. The van der Waals surface area contributed by atoms with Crippen LogP contribution in [0.25, 0.3) is 11.0 Å². The second-order valence-corrected chi connectivity index (χ2v) is 5.92. The van der Waals surface area contributed by atoms with E-state index in [4.69, 9.17) is 10.2 Å². The Balaban J connectivity index is 2.15. The molecule has 3 nitrogen and oxygen atoms in total. The lowest BCUT2D eigenvalue weighted by Gasteiger charge is -2.05. The largest absolute Gasteiger partial charge is 0.459 e. The molecule has 0 aliphatic heterocycles. The number of nitrogens with two attached hydrogens (primary N) is 1. The molecule has 3 rings (SSSR count). The van der Waals surface area contributed by atoms with Crippen LogP contribution in [0.15, 0.2) is 38.7 Å². The van der Waals surface area contributed by atoms with Gasteiger partial charge in [-0.2, -0.15) is 0 Å². The summed E-state index contributed by atoms with van der Waals surface area (Å²) in [6.07, 6.45) is 1.76. The molecule has 0 bridgehead atoms. The van der Waals surface area contributed by atoms with Crippen LogP contribution in [0.2, 0.25) is 0 Å². The van der Waals surface area contributed by atoms with Crippen molar-refractivity contribution < 1.29 is 4.42 Å². The molecule has 0 aliphatic rings. The number of furan rings is 1. The third-order valence-electron chi connectivity index (χ3n) is 2.94. The highest BCUT2D eigenvalue weighted by Crippen LogP contribution is 2.33. The van der Waals surface area contributed by atoms with E-state index in [1.165, 1.54) is 0 Å². The molecule has 0 radical (unpaired) electrons. The first kappa shape index (κ1) is 11.9. The van der Waals surface area contributed by atoms with Gasteiger partial charge in [-0.3, -0.25) is 0 Å². The summed E-state index contributed by atoms with van der Waals surface area (Å²) in [4.78, 5) is 4.25. The molecule has 92 valence electrons. The van der Waals surface area contributed by atoms with Crippen molar-refractivity contribution in [2.75, 3.05) is 0 Å². The number of fused-ring (bicyclic) bond motifs is 1. The predicted octanol–water partition coefficient (Wildman–Crippen LogP) is 4.01. The van der Waals surface area contributed by atoms with Crippen LogP contribution >= 0.6 is 27.3 Å². The number of thiazole rings is 1. The number of nitrogens with zero attached hydrogens (tertiary/aromatic N) is 1. The molecule has 5 heteroatoms. The molecule has 0 spiro atoms. The Morgan fingerprint density at radius 3 is 3.00 bits per heavy atom. The Bertz CT molecular complexity index is 690. The van der Waals surface area contributed by atoms with Gasteiger partial charge in [0.05, 0.1) is 0 Å². The number of hydrogen-bond acceptors (Lipinski definition) is 4. The number of rotatable bonds is 2. The van der Waals surface area contributed by atoms with Crippen molar-refractivity contribution in [3.63, 3.8) is 0 Å². The van der Waals surface area contributed by atoms with E-state index in [1.54, 1.807) is 17.5 Å². The van der Waals surface area contributed by atoms with Gasteiger partial charge in [-0.05, 0) is 25.1 Å². The zero-order chi connectivity index (χ0) is 12.7. The van der Waals surface area contributed by atoms with E-state index in [2.05, 4.69) is 20.9 Å². The molecule has 0 fully saturated rings. The lowest BCUT2D eigenvalue weighted by atomic mass is 10.1. The number of benzene rings is 1. The topological polar surface area (TPSA) is 52.0 Å². The van der Waals surface area contributed by atoms with Crippen molar-refractivity contribution in [1.82, 2.24) is 4.98 Å². The molecule has 0 aliphatic carbocycles. The Morgan fingerprint density at radius 1 is 1.44 bits per heavy atom. The third kappa shape index (κ3) is 1.88. The molecule has 0 saturated heterocycles. The van der Waals surface area contributed by atoms with Gasteiger partial charge in [0.1, 0.15) is 22.4 Å². The van der Waals surface area contributed by atoms with E-state index in [0.29, 0.717) is 0 Å². The van der Waals surface area contributed by atoms with Gasteiger partial charge in [-0.25, -0.2) is 4.98 Å². The third-order valence-corrected chi connectivity index (χ3v) is 4.29. The second-order valence-electron chi connectivity index (χ2n) is 4.08. The summed E-state index contributed by atoms with van der Waals surface area (Å²) in [6, 6.07) is 5.66. The van der Waals surface area contributed by atoms with Crippen molar-refractivity contribution in [1.29, 1.82) is 0 Å². The van der Waals surface area contributed by atoms with Crippen molar-refractivity contribution in [2.45, 2.75) is 13.0 Å². The van der Waals surface area contributed by atoms with E-state index in [9.17, 15) is 0 Å². The normalized spacial score (nSPS) is 13.1. The summed E-state index contributed by atoms with van der Waals surface area (Å²) in [5.74, 6) is 0.790. The quantitative estimate of drug-likeness (QED) is 0.775. The summed E-state index contributed by atoms with van der Waals surface area (Å²) in [7, 11) is 0. The summed E-state index contributed by atoms with van der Waals surface area (Å²) in [5, 5.41) is 3.88. The molecular formula is C13H11BrN2OS. The van der Waals surface area contributed by atoms with Gasteiger partial charge >= 0.3 is 0 Å². The Morgan fingerprint density at radius 2 is 2.28 bits per heavy atom. The van der Waals surface area contributed by atoms with E-state index in [-0.39, 0.29) is 6.04 Å². The van der Waals surface area contributed by atoms with E-state index in [0.717, 1.165) is 31.8 Å². The molecule has 2 heterocycles. The van der Waals surface area contributed by atoms with Crippen LogP contribution in [0.4, 0.5) is 0 Å². The zero-order valence-electron chi connectivity index (χ0n) is 9.68. The number of halogens is 1. The number of aromatic nitrogens is 1. The smallest absolute Gasteiger partial charge is 0.134 e. The number of aryl methyl sites for hydroxylation is 1. The monoisotopic (exact) mass is 322 g/mol. The Kier molecular flexibility index (Phi) is 2.97. The summed E-state index contributed by atoms with van der Waals surface area (Å²) in [6.45, 7) is 2.03. The summed E-state index contributed by atoms with van der Waals surface area (Å²) >= 11 is 5.01. The van der Waals surface area contributed by atoms with Crippen molar-refractivity contribution in [2.24, 2.45) is 5.73 Å². The van der Waals surface area contributed by atoms with Crippen molar-refractivity contribution in [3.8, 4) is 0 Å². The predicted molar refractivity (Wildman–Crippen MR) is 76.8 cm³/mol. The molecule has 1 aromatic carbocycles. The van der Waals surface area contributed by atoms with Gasteiger partial charge in [-0.15, -0.1) is 11.3 Å². The van der Waals surface area contributed by atoms with Gasteiger partial charge < -0.3 is 10.2 Å². The first-order valence-corrected chi connectivity index (χ1v) is 7.17. The maximum atomic E-state index is 6.21. The first-order chi connectivity index (χ1) is 8.66. The van der Waals surface area contributed by atoms with Crippen LogP contribution in [0.1, 0.15) is 22.4 Å². The lowest BCUT2D eigenvalue weighted by Crippen LogP contribution is -2.11. The highest BCUT2D eigenvalue weighted by molar-refractivity contribution is 9.10. The van der Waals surface area contributed by atoms with E-state index >= 15 is 0 Å². The van der Waals surface area contributed by atoms with Crippen LogP contribution < -0.4 is 5.73 Å². The first-order valence-electron chi connectivity index (χ1n) is 5.50. The maximum Gasteiger partial charge on any atom is 0.134 e.